The maximum atomic E-state index is 13.2. The maximum absolute atomic E-state index is 13.2. The second kappa shape index (κ2) is 6.39. The fourth-order valence-electron chi connectivity index (χ4n) is 2.12. The van der Waals surface area contributed by atoms with Crippen molar-refractivity contribution in [1.82, 2.24) is 4.90 Å². The van der Waals surface area contributed by atoms with E-state index in [4.69, 9.17) is 0 Å². The Balaban J connectivity index is 2.14. The van der Waals surface area contributed by atoms with E-state index in [1.54, 1.807) is 24.1 Å². The monoisotopic (exact) mass is 286 g/mol. The van der Waals surface area contributed by atoms with Crippen molar-refractivity contribution < 1.29 is 9.18 Å². The van der Waals surface area contributed by atoms with Crippen LogP contribution >= 0.6 is 0 Å². The lowest BCUT2D eigenvalue weighted by Crippen LogP contribution is -2.26. The standard InChI is InChI=1S/C17H19FN2O/c1-19(2)16-9-5-7-14(11-16)17(21)20(3)12-13-6-4-8-15(18)10-13/h4-11H,12H2,1-3H3. The smallest absolute Gasteiger partial charge is 0.253 e. The number of carbonyl (C=O) groups excluding carboxylic acids is 1. The minimum absolute atomic E-state index is 0.0806. The van der Waals surface area contributed by atoms with Crippen LogP contribution in [-0.2, 0) is 6.54 Å². The minimum Gasteiger partial charge on any atom is -0.378 e. The van der Waals surface area contributed by atoms with Crippen molar-refractivity contribution in [2.24, 2.45) is 0 Å². The van der Waals surface area contributed by atoms with Gasteiger partial charge in [-0.3, -0.25) is 4.79 Å². The molecule has 2 aromatic carbocycles. The van der Waals surface area contributed by atoms with E-state index < -0.39 is 0 Å². The Morgan fingerprint density at radius 3 is 2.43 bits per heavy atom. The van der Waals surface area contributed by atoms with Gasteiger partial charge in [-0.1, -0.05) is 18.2 Å². The highest BCUT2D eigenvalue weighted by Gasteiger charge is 2.13. The van der Waals surface area contributed by atoms with Gasteiger partial charge in [0.2, 0.25) is 0 Å². The molecule has 0 N–H and O–H groups in total. The number of benzene rings is 2. The molecule has 0 radical (unpaired) electrons. The molecular formula is C17H19FN2O. The number of carbonyl (C=O) groups is 1. The van der Waals surface area contributed by atoms with Crippen LogP contribution in [0.4, 0.5) is 10.1 Å². The topological polar surface area (TPSA) is 23.6 Å². The lowest BCUT2D eigenvalue weighted by Gasteiger charge is -2.19. The first-order chi connectivity index (χ1) is 9.97. The van der Waals surface area contributed by atoms with Crippen LogP contribution in [-0.4, -0.2) is 32.0 Å². The molecular weight excluding hydrogens is 267 g/mol. The van der Waals surface area contributed by atoms with Crippen molar-refractivity contribution >= 4 is 11.6 Å². The highest BCUT2D eigenvalue weighted by molar-refractivity contribution is 5.95. The summed E-state index contributed by atoms with van der Waals surface area (Å²) in [5.41, 5.74) is 2.37. The number of rotatable bonds is 4. The average Bonchev–Trinajstić information content (AvgIpc) is 2.46. The molecule has 2 aromatic rings. The number of anilines is 1. The number of hydrogen-bond donors (Lipinski definition) is 0. The largest absolute Gasteiger partial charge is 0.378 e. The van der Waals surface area contributed by atoms with Crippen molar-refractivity contribution in [1.29, 1.82) is 0 Å². The van der Waals surface area contributed by atoms with E-state index in [1.165, 1.54) is 12.1 Å². The summed E-state index contributed by atoms with van der Waals surface area (Å²) in [6, 6.07) is 13.7. The summed E-state index contributed by atoms with van der Waals surface area (Å²) in [5, 5.41) is 0. The van der Waals surface area contributed by atoms with E-state index in [2.05, 4.69) is 0 Å². The molecule has 0 saturated carbocycles. The Bertz CT molecular complexity index is 640. The first-order valence-electron chi connectivity index (χ1n) is 6.74. The second-order valence-electron chi connectivity index (χ2n) is 5.24. The Morgan fingerprint density at radius 1 is 1.05 bits per heavy atom. The number of nitrogens with zero attached hydrogens (tertiary/aromatic N) is 2. The molecule has 0 aliphatic heterocycles. The van der Waals surface area contributed by atoms with Gasteiger partial charge < -0.3 is 9.80 Å². The summed E-state index contributed by atoms with van der Waals surface area (Å²) in [7, 11) is 5.58. The first-order valence-corrected chi connectivity index (χ1v) is 6.74. The molecule has 0 atom stereocenters. The molecule has 0 heterocycles. The highest BCUT2D eigenvalue weighted by Crippen LogP contribution is 2.16. The Kier molecular flexibility index (Phi) is 4.58. The minimum atomic E-state index is -0.289. The first kappa shape index (κ1) is 15.0. The van der Waals surface area contributed by atoms with Gasteiger partial charge in [0.25, 0.3) is 5.91 Å². The van der Waals surface area contributed by atoms with Gasteiger partial charge in [0.05, 0.1) is 0 Å². The normalized spacial score (nSPS) is 10.3. The third-order valence-electron chi connectivity index (χ3n) is 3.26. The molecule has 2 rings (SSSR count). The predicted molar refractivity (Wildman–Crippen MR) is 83.0 cm³/mol. The predicted octanol–water partition coefficient (Wildman–Crippen LogP) is 3.16. The van der Waals surface area contributed by atoms with Crippen LogP contribution in [0.3, 0.4) is 0 Å². The van der Waals surface area contributed by atoms with Gasteiger partial charge in [0, 0.05) is 38.9 Å². The molecule has 0 unspecified atom stereocenters. The van der Waals surface area contributed by atoms with Crippen molar-refractivity contribution in [2.45, 2.75) is 6.54 Å². The van der Waals surface area contributed by atoms with Crippen molar-refractivity contribution in [2.75, 3.05) is 26.0 Å². The second-order valence-corrected chi connectivity index (χ2v) is 5.24. The Labute approximate surface area is 124 Å². The van der Waals surface area contributed by atoms with Crippen LogP contribution in [0.2, 0.25) is 0 Å². The molecule has 21 heavy (non-hydrogen) atoms. The van der Waals surface area contributed by atoms with E-state index in [0.29, 0.717) is 12.1 Å². The van der Waals surface area contributed by atoms with Gasteiger partial charge in [0.1, 0.15) is 5.82 Å². The molecule has 3 nitrogen and oxygen atoms in total. The lowest BCUT2D eigenvalue weighted by molar-refractivity contribution is 0.0785. The lowest BCUT2D eigenvalue weighted by atomic mass is 10.1. The molecule has 0 fully saturated rings. The summed E-state index contributed by atoms with van der Waals surface area (Å²) in [4.78, 5) is 16.0. The van der Waals surface area contributed by atoms with Crippen molar-refractivity contribution in [3.8, 4) is 0 Å². The fourth-order valence-corrected chi connectivity index (χ4v) is 2.12. The van der Waals surface area contributed by atoms with Gasteiger partial charge >= 0.3 is 0 Å². The molecule has 0 bridgehead atoms. The van der Waals surface area contributed by atoms with E-state index in [9.17, 15) is 9.18 Å². The zero-order chi connectivity index (χ0) is 15.4. The quantitative estimate of drug-likeness (QED) is 0.862. The third-order valence-corrected chi connectivity index (χ3v) is 3.26. The number of halogens is 1. The molecule has 0 aliphatic rings. The van der Waals surface area contributed by atoms with E-state index in [-0.39, 0.29) is 11.7 Å². The molecule has 0 spiro atoms. The molecule has 1 amide bonds. The number of amides is 1. The molecule has 0 saturated heterocycles. The Hall–Kier alpha value is -2.36. The van der Waals surface area contributed by atoms with Crippen LogP contribution in [0.5, 0.6) is 0 Å². The van der Waals surface area contributed by atoms with Crippen molar-refractivity contribution in [3.05, 3.63) is 65.5 Å². The van der Waals surface area contributed by atoms with Gasteiger partial charge in [-0.2, -0.15) is 0 Å². The Morgan fingerprint density at radius 2 is 1.76 bits per heavy atom. The highest BCUT2D eigenvalue weighted by atomic mass is 19.1. The fraction of sp³-hybridized carbons (Fsp3) is 0.235. The third kappa shape index (κ3) is 3.81. The summed E-state index contributed by atoms with van der Waals surface area (Å²) in [6.45, 7) is 0.378. The van der Waals surface area contributed by atoms with Crippen LogP contribution in [0.15, 0.2) is 48.5 Å². The van der Waals surface area contributed by atoms with Gasteiger partial charge in [-0.15, -0.1) is 0 Å². The van der Waals surface area contributed by atoms with Crippen LogP contribution in [0, 0.1) is 5.82 Å². The SMILES string of the molecule is CN(Cc1cccc(F)c1)C(=O)c1cccc(N(C)C)c1. The van der Waals surface area contributed by atoms with Crippen molar-refractivity contribution in [3.63, 3.8) is 0 Å². The van der Waals surface area contributed by atoms with Gasteiger partial charge in [0.15, 0.2) is 0 Å². The van der Waals surface area contributed by atoms with Gasteiger partial charge in [-0.05, 0) is 35.9 Å². The van der Waals surface area contributed by atoms with Crippen LogP contribution in [0.25, 0.3) is 0 Å². The summed E-state index contributed by atoms with van der Waals surface area (Å²) in [6.07, 6.45) is 0. The van der Waals surface area contributed by atoms with E-state index >= 15 is 0 Å². The molecule has 0 aromatic heterocycles. The van der Waals surface area contributed by atoms with Gasteiger partial charge in [-0.25, -0.2) is 4.39 Å². The van der Waals surface area contributed by atoms with E-state index in [0.717, 1.165) is 11.3 Å². The molecule has 4 heteroatoms. The molecule has 110 valence electrons. The number of hydrogen-bond acceptors (Lipinski definition) is 2. The van der Waals surface area contributed by atoms with Crippen LogP contribution in [0.1, 0.15) is 15.9 Å². The zero-order valence-corrected chi connectivity index (χ0v) is 12.5. The van der Waals surface area contributed by atoms with E-state index in [1.807, 2.05) is 43.3 Å². The summed E-state index contributed by atoms with van der Waals surface area (Å²) in [5.74, 6) is -0.370. The zero-order valence-electron chi connectivity index (χ0n) is 12.5. The summed E-state index contributed by atoms with van der Waals surface area (Å²) >= 11 is 0. The molecule has 0 aliphatic carbocycles. The average molecular weight is 286 g/mol. The van der Waals surface area contributed by atoms with Crippen LogP contribution < -0.4 is 4.90 Å². The summed E-state index contributed by atoms with van der Waals surface area (Å²) < 4.78 is 13.2. The maximum Gasteiger partial charge on any atom is 0.253 e.